The van der Waals surface area contributed by atoms with E-state index in [1.54, 1.807) is 7.11 Å². The Bertz CT molecular complexity index is 615. The van der Waals surface area contributed by atoms with Crippen molar-refractivity contribution in [2.24, 2.45) is 0 Å². The fourth-order valence-corrected chi connectivity index (χ4v) is 2.92. The van der Waals surface area contributed by atoms with E-state index in [1.165, 1.54) is 0 Å². The summed E-state index contributed by atoms with van der Waals surface area (Å²) in [4.78, 5) is 0. The van der Waals surface area contributed by atoms with Crippen molar-refractivity contribution in [2.75, 3.05) is 14.2 Å². The molecule has 0 saturated carbocycles. The van der Waals surface area contributed by atoms with Crippen molar-refractivity contribution >= 4 is 27.5 Å². The molecule has 0 spiro atoms. The van der Waals surface area contributed by atoms with Crippen LogP contribution in [0.5, 0.6) is 5.75 Å². The molecular formula is C16H17BrClNO. The molecule has 106 valence electrons. The minimum absolute atomic E-state index is 0.0459. The number of benzene rings is 2. The van der Waals surface area contributed by atoms with Crippen molar-refractivity contribution in [1.29, 1.82) is 0 Å². The van der Waals surface area contributed by atoms with Crippen LogP contribution in [0, 0.1) is 6.92 Å². The van der Waals surface area contributed by atoms with Crippen molar-refractivity contribution in [1.82, 2.24) is 5.32 Å². The third-order valence-electron chi connectivity index (χ3n) is 3.31. The summed E-state index contributed by atoms with van der Waals surface area (Å²) < 4.78 is 6.32. The van der Waals surface area contributed by atoms with Gasteiger partial charge in [-0.1, -0.05) is 39.7 Å². The van der Waals surface area contributed by atoms with Gasteiger partial charge in [0.1, 0.15) is 5.75 Å². The Kier molecular flexibility index (Phi) is 5.08. The van der Waals surface area contributed by atoms with Gasteiger partial charge >= 0.3 is 0 Å². The molecule has 2 aromatic rings. The van der Waals surface area contributed by atoms with Gasteiger partial charge < -0.3 is 10.1 Å². The first kappa shape index (κ1) is 15.4. The standard InChI is InChI=1S/C16H17BrClNO/c1-10-8-11(4-7-15(10)20-3)16(19-2)13-9-12(17)5-6-14(13)18/h4-9,16,19H,1-3H3. The van der Waals surface area contributed by atoms with Gasteiger partial charge in [-0.3, -0.25) is 0 Å². The first-order valence-electron chi connectivity index (χ1n) is 6.33. The van der Waals surface area contributed by atoms with Crippen LogP contribution in [0.3, 0.4) is 0 Å². The third-order valence-corrected chi connectivity index (χ3v) is 4.15. The molecule has 0 amide bonds. The van der Waals surface area contributed by atoms with Crippen LogP contribution in [-0.2, 0) is 0 Å². The van der Waals surface area contributed by atoms with Gasteiger partial charge in [-0.25, -0.2) is 0 Å². The molecule has 2 aromatic carbocycles. The van der Waals surface area contributed by atoms with Crippen LogP contribution >= 0.6 is 27.5 Å². The van der Waals surface area contributed by atoms with E-state index >= 15 is 0 Å². The van der Waals surface area contributed by atoms with Gasteiger partial charge in [0.25, 0.3) is 0 Å². The van der Waals surface area contributed by atoms with Gasteiger partial charge in [-0.2, -0.15) is 0 Å². The van der Waals surface area contributed by atoms with Crippen molar-refractivity contribution in [3.63, 3.8) is 0 Å². The predicted molar refractivity (Wildman–Crippen MR) is 87.8 cm³/mol. The molecule has 2 rings (SSSR count). The van der Waals surface area contributed by atoms with Gasteiger partial charge in [-0.05, 0) is 54.9 Å². The molecule has 0 aromatic heterocycles. The maximum absolute atomic E-state index is 6.33. The molecule has 1 N–H and O–H groups in total. The summed E-state index contributed by atoms with van der Waals surface area (Å²) in [6.45, 7) is 2.04. The predicted octanol–water partition coefficient (Wildman–Crippen LogP) is 4.73. The van der Waals surface area contributed by atoms with Crippen molar-refractivity contribution in [2.45, 2.75) is 13.0 Å². The Morgan fingerprint density at radius 1 is 1.20 bits per heavy atom. The molecule has 0 heterocycles. The topological polar surface area (TPSA) is 21.3 Å². The average Bonchev–Trinajstić information content (AvgIpc) is 2.44. The van der Waals surface area contributed by atoms with E-state index in [-0.39, 0.29) is 6.04 Å². The molecule has 0 bridgehead atoms. The number of aryl methyl sites for hydroxylation is 1. The average molecular weight is 355 g/mol. The van der Waals surface area contributed by atoms with Gasteiger partial charge in [0.15, 0.2) is 0 Å². The summed E-state index contributed by atoms with van der Waals surface area (Å²) in [6, 6.07) is 12.1. The summed E-state index contributed by atoms with van der Waals surface area (Å²) in [5, 5.41) is 4.07. The lowest BCUT2D eigenvalue weighted by atomic mass is 9.97. The zero-order chi connectivity index (χ0) is 14.7. The fourth-order valence-electron chi connectivity index (χ4n) is 2.32. The van der Waals surface area contributed by atoms with Crippen LogP contribution in [0.15, 0.2) is 40.9 Å². The van der Waals surface area contributed by atoms with E-state index < -0.39 is 0 Å². The SMILES string of the molecule is CNC(c1ccc(OC)c(C)c1)c1cc(Br)ccc1Cl. The summed E-state index contributed by atoms with van der Waals surface area (Å²) >= 11 is 9.83. The molecule has 0 aliphatic heterocycles. The monoisotopic (exact) mass is 353 g/mol. The summed E-state index contributed by atoms with van der Waals surface area (Å²) in [6.07, 6.45) is 0. The zero-order valence-corrected chi connectivity index (χ0v) is 14.0. The molecule has 1 unspecified atom stereocenters. The smallest absolute Gasteiger partial charge is 0.121 e. The number of hydrogen-bond donors (Lipinski definition) is 1. The molecule has 0 fully saturated rings. The second-order valence-electron chi connectivity index (χ2n) is 4.62. The second-order valence-corrected chi connectivity index (χ2v) is 5.94. The molecule has 0 aliphatic rings. The van der Waals surface area contributed by atoms with Crippen molar-refractivity contribution in [3.8, 4) is 5.75 Å². The molecule has 0 saturated heterocycles. The van der Waals surface area contributed by atoms with Gasteiger partial charge in [-0.15, -0.1) is 0 Å². The van der Waals surface area contributed by atoms with E-state index in [1.807, 2.05) is 38.2 Å². The van der Waals surface area contributed by atoms with Crippen LogP contribution in [-0.4, -0.2) is 14.2 Å². The molecule has 4 heteroatoms. The molecule has 0 aliphatic carbocycles. The fraction of sp³-hybridized carbons (Fsp3) is 0.250. The van der Waals surface area contributed by atoms with Gasteiger partial charge in [0, 0.05) is 9.50 Å². The highest BCUT2D eigenvalue weighted by Crippen LogP contribution is 2.32. The summed E-state index contributed by atoms with van der Waals surface area (Å²) in [5.74, 6) is 0.893. The van der Waals surface area contributed by atoms with Gasteiger partial charge in [0.2, 0.25) is 0 Å². The van der Waals surface area contributed by atoms with E-state index in [2.05, 4.69) is 33.4 Å². The Labute approximate surface area is 133 Å². The zero-order valence-electron chi connectivity index (χ0n) is 11.7. The second kappa shape index (κ2) is 6.61. The Hall–Kier alpha value is -1.03. The first-order valence-corrected chi connectivity index (χ1v) is 7.50. The van der Waals surface area contributed by atoms with Crippen LogP contribution < -0.4 is 10.1 Å². The van der Waals surface area contributed by atoms with Crippen LogP contribution in [0.4, 0.5) is 0 Å². The number of halogens is 2. The lowest BCUT2D eigenvalue weighted by molar-refractivity contribution is 0.411. The number of methoxy groups -OCH3 is 1. The Balaban J connectivity index is 2.46. The minimum Gasteiger partial charge on any atom is -0.496 e. The maximum atomic E-state index is 6.33. The summed E-state index contributed by atoms with van der Waals surface area (Å²) in [7, 11) is 3.62. The molecule has 2 nitrogen and oxygen atoms in total. The quantitative estimate of drug-likeness (QED) is 0.857. The summed E-state index contributed by atoms with van der Waals surface area (Å²) in [5.41, 5.74) is 3.32. The highest BCUT2D eigenvalue weighted by atomic mass is 79.9. The van der Waals surface area contributed by atoms with E-state index in [0.29, 0.717) is 0 Å². The van der Waals surface area contributed by atoms with E-state index in [9.17, 15) is 0 Å². The largest absolute Gasteiger partial charge is 0.496 e. The number of rotatable bonds is 4. The Morgan fingerprint density at radius 3 is 2.55 bits per heavy atom. The van der Waals surface area contributed by atoms with Gasteiger partial charge in [0.05, 0.1) is 13.2 Å². The highest BCUT2D eigenvalue weighted by molar-refractivity contribution is 9.10. The highest BCUT2D eigenvalue weighted by Gasteiger charge is 2.16. The normalized spacial score (nSPS) is 12.2. The minimum atomic E-state index is 0.0459. The van der Waals surface area contributed by atoms with E-state index in [4.69, 9.17) is 16.3 Å². The van der Waals surface area contributed by atoms with Crippen LogP contribution in [0.25, 0.3) is 0 Å². The first-order chi connectivity index (χ1) is 9.56. The molecular weight excluding hydrogens is 338 g/mol. The molecule has 0 radical (unpaired) electrons. The maximum Gasteiger partial charge on any atom is 0.121 e. The molecule has 20 heavy (non-hydrogen) atoms. The Morgan fingerprint density at radius 2 is 1.95 bits per heavy atom. The number of ether oxygens (including phenoxy) is 1. The van der Waals surface area contributed by atoms with Crippen LogP contribution in [0.1, 0.15) is 22.7 Å². The van der Waals surface area contributed by atoms with Crippen molar-refractivity contribution < 1.29 is 4.74 Å². The van der Waals surface area contributed by atoms with Crippen molar-refractivity contribution in [3.05, 3.63) is 62.6 Å². The number of hydrogen-bond acceptors (Lipinski definition) is 2. The lowest BCUT2D eigenvalue weighted by Gasteiger charge is -2.20. The van der Waals surface area contributed by atoms with E-state index in [0.717, 1.165) is 31.9 Å². The molecule has 1 atom stereocenters. The third kappa shape index (κ3) is 3.17. The number of nitrogens with one attached hydrogen (secondary N) is 1. The van der Waals surface area contributed by atoms with Crippen LogP contribution in [0.2, 0.25) is 5.02 Å². The lowest BCUT2D eigenvalue weighted by Crippen LogP contribution is -2.18.